The van der Waals surface area contributed by atoms with Gasteiger partial charge in [-0.15, -0.1) is 0 Å². The Balaban J connectivity index is 2.12. The third-order valence-electron chi connectivity index (χ3n) is 2.89. The van der Waals surface area contributed by atoms with Gasteiger partial charge in [-0.3, -0.25) is 4.79 Å². The number of para-hydroxylation sites is 2. The lowest BCUT2D eigenvalue weighted by Crippen LogP contribution is -2.27. The number of hydrogen-bond donors (Lipinski definition) is 2. The lowest BCUT2D eigenvalue weighted by Gasteiger charge is -2.15. The van der Waals surface area contributed by atoms with Gasteiger partial charge in [0.25, 0.3) is 0 Å². The average molecular weight is 270 g/mol. The smallest absolute Gasteiger partial charge is 0.245 e. The van der Waals surface area contributed by atoms with Gasteiger partial charge in [0.15, 0.2) is 0 Å². The molecule has 0 bridgehead atoms. The number of ether oxygens (including phenoxy) is 1. The molecule has 0 saturated carbocycles. The molecule has 1 atom stereocenters. The lowest BCUT2D eigenvalue weighted by molar-refractivity contribution is -0.117. The Labute approximate surface area is 118 Å². The first-order chi connectivity index (χ1) is 9.72. The SMILES string of the molecule is CCOc1ccccc1NC(=O)[C@H](N)c1ccccc1. The van der Waals surface area contributed by atoms with Crippen LogP contribution in [0.25, 0.3) is 0 Å². The van der Waals surface area contributed by atoms with Crippen molar-refractivity contribution in [2.24, 2.45) is 5.73 Å². The summed E-state index contributed by atoms with van der Waals surface area (Å²) in [6.07, 6.45) is 0. The van der Waals surface area contributed by atoms with Crippen LogP contribution in [-0.2, 0) is 4.79 Å². The Hall–Kier alpha value is -2.33. The summed E-state index contributed by atoms with van der Waals surface area (Å²) in [6.45, 7) is 2.44. The summed E-state index contributed by atoms with van der Waals surface area (Å²) in [7, 11) is 0. The van der Waals surface area contributed by atoms with Gasteiger partial charge in [0, 0.05) is 0 Å². The van der Waals surface area contributed by atoms with E-state index >= 15 is 0 Å². The van der Waals surface area contributed by atoms with Crippen LogP contribution >= 0.6 is 0 Å². The molecule has 0 aliphatic rings. The van der Waals surface area contributed by atoms with Crippen molar-refractivity contribution in [1.29, 1.82) is 0 Å². The second-order valence-corrected chi connectivity index (χ2v) is 4.31. The molecule has 0 saturated heterocycles. The fraction of sp³-hybridized carbons (Fsp3) is 0.188. The minimum atomic E-state index is -0.703. The number of carbonyl (C=O) groups excluding carboxylic acids is 1. The van der Waals surface area contributed by atoms with Crippen molar-refractivity contribution >= 4 is 11.6 Å². The predicted octanol–water partition coefficient (Wildman–Crippen LogP) is 2.72. The number of amides is 1. The third kappa shape index (κ3) is 3.36. The third-order valence-corrected chi connectivity index (χ3v) is 2.89. The molecule has 0 unspecified atom stereocenters. The van der Waals surface area contributed by atoms with Crippen molar-refractivity contribution in [2.45, 2.75) is 13.0 Å². The van der Waals surface area contributed by atoms with E-state index in [0.29, 0.717) is 18.0 Å². The van der Waals surface area contributed by atoms with Crippen LogP contribution < -0.4 is 15.8 Å². The van der Waals surface area contributed by atoms with Crippen molar-refractivity contribution in [3.63, 3.8) is 0 Å². The van der Waals surface area contributed by atoms with Gasteiger partial charge in [0.1, 0.15) is 11.8 Å². The van der Waals surface area contributed by atoms with Gasteiger partial charge in [-0.2, -0.15) is 0 Å². The summed E-state index contributed by atoms with van der Waals surface area (Å²) in [5.74, 6) is 0.381. The van der Waals surface area contributed by atoms with Gasteiger partial charge >= 0.3 is 0 Å². The Bertz CT molecular complexity index is 570. The highest BCUT2D eigenvalue weighted by Gasteiger charge is 2.16. The molecule has 0 aromatic heterocycles. The van der Waals surface area contributed by atoms with Crippen molar-refractivity contribution in [1.82, 2.24) is 0 Å². The molecular formula is C16H18N2O2. The zero-order valence-corrected chi connectivity index (χ0v) is 11.4. The molecule has 0 aliphatic carbocycles. The Morgan fingerprint density at radius 2 is 1.80 bits per heavy atom. The minimum absolute atomic E-state index is 0.261. The van der Waals surface area contributed by atoms with Gasteiger partial charge in [0.05, 0.1) is 12.3 Å². The molecule has 2 aromatic carbocycles. The Morgan fingerprint density at radius 1 is 1.15 bits per heavy atom. The zero-order chi connectivity index (χ0) is 14.4. The maximum atomic E-state index is 12.2. The Morgan fingerprint density at radius 3 is 2.50 bits per heavy atom. The van der Waals surface area contributed by atoms with E-state index in [1.54, 1.807) is 6.07 Å². The summed E-state index contributed by atoms with van der Waals surface area (Å²) in [5.41, 5.74) is 7.36. The standard InChI is InChI=1S/C16H18N2O2/c1-2-20-14-11-7-6-10-13(14)18-16(19)15(17)12-8-4-3-5-9-12/h3-11,15H,2,17H2,1H3,(H,18,19)/t15-/m1/s1. The zero-order valence-electron chi connectivity index (χ0n) is 11.4. The summed E-state index contributed by atoms with van der Waals surface area (Å²) in [5, 5.41) is 2.80. The van der Waals surface area contributed by atoms with Crippen molar-refractivity contribution in [3.8, 4) is 5.75 Å². The first-order valence-electron chi connectivity index (χ1n) is 6.55. The van der Waals surface area contributed by atoms with Crippen LogP contribution in [0.3, 0.4) is 0 Å². The molecule has 0 spiro atoms. The molecule has 2 rings (SSSR count). The second-order valence-electron chi connectivity index (χ2n) is 4.31. The predicted molar refractivity (Wildman–Crippen MR) is 79.6 cm³/mol. The molecule has 0 heterocycles. The van der Waals surface area contributed by atoms with Crippen LogP contribution in [-0.4, -0.2) is 12.5 Å². The molecular weight excluding hydrogens is 252 g/mol. The summed E-state index contributed by atoms with van der Waals surface area (Å²) < 4.78 is 5.47. The van der Waals surface area contributed by atoms with Gasteiger partial charge in [-0.1, -0.05) is 42.5 Å². The molecule has 1 amide bonds. The van der Waals surface area contributed by atoms with Gasteiger partial charge < -0.3 is 15.8 Å². The largest absolute Gasteiger partial charge is 0.492 e. The fourth-order valence-electron chi connectivity index (χ4n) is 1.87. The maximum Gasteiger partial charge on any atom is 0.245 e. The molecule has 0 radical (unpaired) electrons. The van der Waals surface area contributed by atoms with Crippen LogP contribution in [0.4, 0.5) is 5.69 Å². The number of carbonyl (C=O) groups is 1. The van der Waals surface area contributed by atoms with E-state index < -0.39 is 6.04 Å². The van der Waals surface area contributed by atoms with E-state index in [-0.39, 0.29) is 5.91 Å². The second kappa shape index (κ2) is 6.73. The normalized spacial score (nSPS) is 11.7. The highest BCUT2D eigenvalue weighted by molar-refractivity contribution is 5.96. The van der Waals surface area contributed by atoms with E-state index in [4.69, 9.17) is 10.5 Å². The van der Waals surface area contributed by atoms with E-state index in [1.165, 1.54) is 0 Å². The number of hydrogen-bond acceptors (Lipinski definition) is 3. The van der Waals surface area contributed by atoms with Crippen LogP contribution in [0.5, 0.6) is 5.75 Å². The van der Waals surface area contributed by atoms with Gasteiger partial charge in [0.2, 0.25) is 5.91 Å². The van der Waals surface area contributed by atoms with Crippen LogP contribution in [0, 0.1) is 0 Å². The minimum Gasteiger partial charge on any atom is -0.492 e. The molecule has 2 aromatic rings. The molecule has 104 valence electrons. The van der Waals surface area contributed by atoms with E-state index in [9.17, 15) is 4.79 Å². The first-order valence-corrected chi connectivity index (χ1v) is 6.55. The van der Waals surface area contributed by atoms with Crippen LogP contribution in [0.15, 0.2) is 54.6 Å². The molecule has 4 nitrogen and oxygen atoms in total. The highest BCUT2D eigenvalue weighted by atomic mass is 16.5. The Kier molecular flexibility index (Phi) is 4.74. The fourth-order valence-corrected chi connectivity index (χ4v) is 1.87. The summed E-state index contributed by atoms with van der Waals surface area (Å²) >= 11 is 0. The molecule has 0 fully saturated rings. The van der Waals surface area contributed by atoms with Crippen molar-refractivity contribution in [2.75, 3.05) is 11.9 Å². The lowest BCUT2D eigenvalue weighted by atomic mass is 10.1. The summed E-state index contributed by atoms with van der Waals surface area (Å²) in [6, 6.07) is 15.9. The number of rotatable bonds is 5. The van der Waals surface area contributed by atoms with E-state index in [1.807, 2.05) is 55.5 Å². The quantitative estimate of drug-likeness (QED) is 0.878. The molecule has 0 aliphatic heterocycles. The topological polar surface area (TPSA) is 64.3 Å². The maximum absolute atomic E-state index is 12.2. The molecule has 20 heavy (non-hydrogen) atoms. The monoisotopic (exact) mass is 270 g/mol. The average Bonchev–Trinajstić information content (AvgIpc) is 2.49. The molecule has 3 N–H and O–H groups in total. The van der Waals surface area contributed by atoms with Gasteiger partial charge in [-0.25, -0.2) is 0 Å². The van der Waals surface area contributed by atoms with E-state index in [2.05, 4.69) is 5.32 Å². The number of nitrogens with two attached hydrogens (primary N) is 1. The number of nitrogens with one attached hydrogen (secondary N) is 1. The number of benzene rings is 2. The summed E-state index contributed by atoms with van der Waals surface area (Å²) in [4.78, 5) is 12.2. The molecule has 4 heteroatoms. The van der Waals surface area contributed by atoms with Gasteiger partial charge in [-0.05, 0) is 24.6 Å². The van der Waals surface area contributed by atoms with Crippen molar-refractivity contribution < 1.29 is 9.53 Å². The van der Waals surface area contributed by atoms with Crippen molar-refractivity contribution in [3.05, 3.63) is 60.2 Å². The van der Waals surface area contributed by atoms with Crippen LogP contribution in [0.1, 0.15) is 18.5 Å². The van der Waals surface area contributed by atoms with Crippen LogP contribution in [0.2, 0.25) is 0 Å². The first kappa shape index (κ1) is 14.1. The van der Waals surface area contributed by atoms with E-state index in [0.717, 1.165) is 5.56 Å². The number of anilines is 1. The highest BCUT2D eigenvalue weighted by Crippen LogP contribution is 2.24.